The predicted octanol–water partition coefficient (Wildman–Crippen LogP) is 1.96. The van der Waals surface area contributed by atoms with Crippen molar-refractivity contribution >= 4 is 21.6 Å². The first-order chi connectivity index (χ1) is 9.74. The highest BCUT2D eigenvalue weighted by molar-refractivity contribution is 7.88. The first-order valence-corrected chi connectivity index (χ1v) is 8.29. The van der Waals surface area contributed by atoms with Crippen LogP contribution in [0.3, 0.4) is 0 Å². The van der Waals surface area contributed by atoms with Gasteiger partial charge in [0.2, 0.25) is 15.9 Å². The van der Waals surface area contributed by atoms with Gasteiger partial charge in [-0.2, -0.15) is 4.31 Å². The largest absolute Gasteiger partial charge is 0.322 e. The van der Waals surface area contributed by atoms with Crippen LogP contribution in [0, 0.1) is 11.6 Å². The van der Waals surface area contributed by atoms with Gasteiger partial charge in [0.1, 0.15) is 11.6 Å². The van der Waals surface area contributed by atoms with Crippen molar-refractivity contribution in [3.05, 3.63) is 29.8 Å². The Hall–Kier alpha value is -1.54. The van der Waals surface area contributed by atoms with E-state index < -0.39 is 34.1 Å². The summed E-state index contributed by atoms with van der Waals surface area (Å²) in [6.07, 6.45) is 2.40. The van der Waals surface area contributed by atoms with E-state index in [1.54, 1.807) is 0 Å². The molecule has 0 atom stereocenters. The van der Waals surface area contributed by atoms with Crippen LogP contribution in [0.25, 0.3) is 0 Å². The maximum Gasteiger partial charge on any atom is 0.239 e. The van der Waals surface area contributed by atoms with E-state index in [2.05, 4.69) is 5.32 Å². The Morgan fingerprint density at radius 1 is 1.33 bits per heavy atom. The van der Waals surface area contributed by atoms with Gasteiger partial charge < -0.3 is 5.32 Å². The van der Waals surface area contributed by atoms with Crippen molar-refractivity contribution in [3.63, 3.8) is 0 Å². The third-order valence-corrected chi connectivity index (χ3v) is 4.00. The standard InChI is InChI=1S/C13H18F2N2O3S/c1-3-4-7-17(21(2,19)20)9-13(18)16-12-6-5-10(14)8-11(12)15/h5-6,8H,3-4,7,9H2,1-2H3,(H,16,18). The molecule has 1 aromatic carbocycles. The third kappa shape index (κ3) is 5.76. The molecule has 0 saturated heterocycles. The van der Waals surface area contributed by atoms with Crippen molar-refractivity contribution in [1.29, 1.82) is 0 Å². The number of unbranched alkanes of at least 4 members (excludes halogenated alkanes) is 1. The van der Waals surface area contributed by atoms with Gasteiger partial charge in [-0.3, -0.25) is 4.79 Å². The fourth-order valence-electron chi connectivity index (χ4n) is 1.64. The quantitative estimate of drug-likeness (QED) is 0.835. The number of anilines is 1. The molecule has 1 aromatic rings. The molecule has 0 saturated carbocycles. The molecule has 0 unspecified atom stereocenters. The topological polar surface area (TPSA) is 66.5 Å². The molecular formula is C13H18F2N2O3S. The molecule has 5 nitrogen and oxygen atoms in total. The van der Waals surface area contributed by atoms with E-state index >= 15 is 0 Å². The summed E-state index contributed by atoms with van der Waals surface area (Å²) in [4.78, 5) is 11.8. The second-order valence-electron chi connectivity index (χ2n) is 4.62. The van der Waals surface area contributed by atoms with Crippen LogP contribution in [0.15, 0.2) is 18.2 Å². The number of rotatable bonds is 7. The fourth-order valence-corrected chi connectivity index (χ4v) is 2.45. The normalized spacial score (nSPS) is 11.7. The molecule has 0 heterocycles. The highest BCUT2D eigenvalue weighted by Gasteiger charge is 2.20. The van der Waals surface area contributed by atoms with Gasteiger partial charge in [0.15, 0.2) is 0 Å². The number of hydrogen-bond donors (Lipinski definition) is 1. The first-order valence-electron chi connectivity index (χ1n) is 6.44. The average molecular weight is 320 g/mol. The molecular weight excluding hydrogens is 302 g/mol. The summed E-state index contributed by atoms with van der Waals surface area (Å²) >= 11 is 0. The molecule has 0 fully saturated rings. The molecule has 0 aliphatic rings. The van der Waals surface area contributed by atoms with Crippen molar-refractivity contribution in [2.45, 2.75) is 19.8 Å². The van der Waals surface area contributed by atoms with E-state index in [0.29, 0.717) is 12.5 Å². The van der Waals surface area contributed by atoms with Gasteiger partial charge in [-0.05, 0) is 18.6 Å². The zero-order chi connectivity index (χ0) is 16.0. The zero-order valence-corrected chi connectivity index (χ0v) is 12.7. The second kappa shape index (κ2) is 7.46. The van der Waals surface area contributed by atoms with Crippen LogP contribution in [0.2, 0.25) is 0 Å². The Morgan fingerprint density at radius 3 is 2.52 bits per heavy atom. The fraction of sp³-hybridized carbons (Fsp3) is 0.462. The van der Waals surface area contributed by atoms with Gasteiger partial charge in [-0.1, -0.05) is 13.3 Å². The lowest BCUT2D eigenvalue weighted by atomic mass is 10.3. The minimum absolute atomic E-state index is 0.189. The first kappa shape index (κ1) is 17.5. The van der Waals surface area contributed by atoms with Crippen LogP contribution in [0.1, 0.15) is 19.8 Å². The number of carbonyl (C=O) groups is 1. The van der Waals surface area contributed by atoms with E-state index in [0.717, 1.165) is 29.1 Å². The van der Waals surface area contributed by atoms with Crippen LogP contribution in [-0.2, 0) is 14.8 Å². The predicted molar refractivity (Wildman–Crippen MR) is 76.3 cm³/mol. The van der Waals surface area contributed by atoms with E-state index in [1.165, 1.54) is 0 Å². The van der Waals surface area contributed by atoms with Gasteiger partial charge in [0.25, 0.3) is 0 Å². The maximum absolute atomic E-state index is 13.4. The molecule has 0 spiro atoms. The molecule has 0 aliphatic carbocycles. The SMILES string of the molecule is CCCCN(CC(=O)Nc1ccc(F)cc1F)S(C)(=O)=O. The lowest BCUT2D eigenvalue weighted by Crippen LogP contribution is -2.38. The average Bonchev–Trinajstić information content (AvgIpc) is 2.36. The molecule has 0 aliphatic heterocycles. The molecule has 0 radical (unpaired) electrons. The molecule has 0 aromatic heterocycles. The van der Waals surface area contributed by atoms with Crippen LogP contribution < -0.4 is 5.32 Å². The molecule has 21 heavy (non-hydrogen) atoms. The van der Waals surface area contributed by atoms with Crippen LogP contribution in [0.4, 0.5) is 14.5 Å². The summed E-state index contributed by atoms with van der Waals surface area (Å²) in [7, 11) is -3.52. The Kier molecular flexibility index (Phi) is 6.22. The Balaban J connectivity index is 2.74. The number of sulfonamides is 1. The minimum Gasteiger partial charge on any atom is -0.322 e. The number of hydrogen-bond acceptors (Lipinski definition) is 3. The number of benzene rings is 1. The number of nitrogens with zero attached hydrogens (tertiary/aromatic N) is 1. The molecule has 1 N–H and O–H groups in total. The summed E-state index contributed by atoms with van der Waals surface area (Å²) in [5, 5.41) is 2.23. The maximum atomic E-state index is 13.4. The smallest absolute Gasteiger partial charge is 0.239 e. The van der Waals surface area contributed by atoms with E-state index in [4.69, 9.17) is 0 Å². The Bertz CT molecular complexity index is 605. The highest BCUT2D eigenvalue weighted by Crippen LogP contribution is 2.15. The third-order valence-electron chi connectivity index (χ3n) is 2.76. The van der Waals surface area contributed by atoms with Crippen LogP contribution in [-0.4, -0.2) is 38.0 Å². The minimum atomic E-state index is -3.52. The zero-order valence-electron chi connectivity index (χ0n) is 11.9. The molecule has 0 bridgehead atoms. The molecule has 118 valence electrons. The van der Waals surface area contributed by atoms with Crippen molar-refractivity contribution in [2.24, 2.45) is 0 Å². The molecule has 1 amide bonds. The monoisotopic (exact) mass is 320 g/mol. The van der Waals surface area contributed by atoms with Gasteiger partial charge in [-0.25, -0.2) is 17.2 Å². The molecule has 1 rings (SSSR count). The van der Waals surface area contributed by atoms with Crippen LogP contribution >= 0.6 is 0 Å². The van der Waals surface area contributed by atoms with E-state index in [-0.39, 0.29) is 12.2 Å². The number of nitrogens with one attached hydrogen (secondary N) is 1. The molecule has 8 heteroatoms. The number of halogens is 2. The Labute approximate surface area is 123 Å². The van der Waals surface area contributed by atoms with Crippen molar-refractivity contribution < 1.29 is 22.0 Å². The lowest BCUT2D eigenvalue weighted by molar-refractivity contribution is -0.116. The summed E-state index contributed by atoms with van der Waals surface area (Å²) in [5.41, 5.74) is -0.189. The number of carbonyl (C=O) groups excluding carboxylic acids is 1. The van der Waals surface area contributed by atoms with Crippen molar-refractivity contribution in [1.82, 2.24) is 4.31 Å². The van der Waals surface area contributed by atoms with Crippen molar-refractivity contribution in [3.8, 4) is 0 Å². The van der Waals surface area contributed by atoms with Gasteiger partial charge in [0.05, 0.1) is 18.5 Å². The van der Waals surface area contributed by atoms with Gasteiger partial charge in [0, 0.05) is 12.6 Å². The van der Waals surface area contributed by atoms with Crippen LogP contribution in [0.5, 0.6) is 0 Å². The Morgan fingerprint density at radius 2 is 2.00 bits per heavy atom. The second-order valence-corrected chi connectivity index (χ2v) is 6.60. The summed E-state index contributed by atoms with van der Waals surface area (Å²) in [6.45, 7) is 1.71. The van der Waals surface area contributed by atoms with Gasteiger partial charge in [-0.15, -0.1) is 0 Å². The van der Waals surface area contributed by atoms with E-state index in [9.17, 15) is 22.0 Å². The van der Waals surface area contributed by atoms with Gasteiger partial charge >= 0.3 is 0 Å². The number of amides is 1. The summed E-state index contributed by atoms with van der Waals surface area (Å²) in [5.74, 6) is -2.35. The van der Waals surface area contributed by atoms with Crippen molar-refractivity contribution in [2.75, 3.05) is 24.7 Å². The van der Waals surface area contributed by atoms with E-state index in [1.807, 2.05) is 6.92 Å². The lowest BCUT2D eigenvalue weighted by Gasteiger charge is -2.19. The summed E-state index contributed by atoms with van der Waals surface area (Å²) in [6, 6.07) is 2.73. The summed E-state index contributed by atoms with van der Waals surface area (Å²) < 4.78 is 50.3. The highest BCUT2D eigenvalue weighted by atomic mass is 32.2.